The third kappa shape index (κ3) is 3.20. The van der Waals surface area contributed by atoms with E-state index in [1.807, 2.05) is 6.07 Å². The van der Waals surface area contributed by atoms with Crippen molar-refractivity contribution in [3.63, 3.8) is 0 Å². The van der Waals surface area contributed by atoms with Crippen LogP contribution in [-0.4, -0.2) is 32.5 Å². The Kier molecular flexibility index (Phi) is 4.52. The molecule has 0 fully saturated rings. The summed E-state index contributed by atoms with van der Waals surface area (Å²) in [7, 11) is -3.87. The quantitative estimate of drug-likeness (QED) is 0.727. The van der Waals surface area contributed by atoms with Crippen molar-refractivity contribution in [3.05, 3.63) is 66.4 Å². The number of rotatable bonds is 3. The van der Waals surface area contributed by atoms with Crippen LogP contribution in [0.5, 0.6) is 5.75 Å². The van der Waals surface area contributed by atoms with Crippen molar-refractivity contribution in [1.29, 1.82) is 0 Å². The second kappa shape index (κ2) is 7.01. The van der Waals surface area contributed by atoms with Gasteiger partial charge < -0.3 is 14.5 Å². The highest BCUT2D eigenvalue weighted by atomic mass is 32.2. The number of anilines is 2. The first-order chi connectivity index (χ1) is 13.5. The number of carbonyl (C=O) groups excluding carboxylic acids is 1. The first kappa shape index (κ1) is 18.1. The van der Waals surface area contributed by atoms with E-state index in [9.17, 15) is 13.2 Å². The summed E-state index contributed by atoms with van der Waals surface area (Å²) in [6, 6.07) is 13.3. The number of sulfonamides is 1. The number of aromatic nitrogens is 1. The third-order valence-electron chi connectivity index (χ3n) is 4.33. The number of nitrogens with one attached hydrogen (secondary N) is 1. The Morgan fingerprint density at radius 3 is 2.68 bits per heavy atom. The van der Waals surface area contributed by atoms with Gasteiger partial charge in [-0.25, -0.2) is 13.4 Å². The lowest BCUT2D eigenvalue weighted by Gasteiger charge is -2.21. The molecule has 0 saturated heterocycles. The molecule has 1 aliphatic heterocycles. The normalized spacial score (nSPS) is 15.2. The van der Waals surface area contributed by atoms with Gasteiger partial charge in [0.15, 0.2) is 12.1 Å². The Hall–Kier alpha value is -3.33. The molecule has 1 aliphatic rings. The number of hydrogen-bond acceptors (Lipinski definition) is 6. The van der Waals surface area contributed by atoms with Gasteiger partial charge in [-0.2, -0.15) is 0 Å². The number of benzene rings is 2. The molecule has 0 saturated carbocycles. The van der Waals surface area contributed by atoms with Gasteiger partial charge in [-0.3, -0.25) is 9.10 Å². The minimum absolute atomic E-state index is 0.0106. The van der Waals surface area contributed by atoms with Gasteiger partial charge in [0.25, 0.3) is 15.9 Å². The molecule has 9 heteroatoms. The molecular weight excluding hydrogens is 382 g/mol. The highest BCUT2D eigenvalue weighted by molar-refractivity contribution is 7.93. The van der Waals surface area contributed by atoms with Crippen molar-refractivity contribution in [3.8, 4) is 5.75 Å². The van der Waals surface area contributed by atoms with Gasteiger partial charge >= 0.3 is 0 Å². The van der Waals surface area contributed by atoms with Crippen LogP contribution < -0.4 is 14.4 Å². The first-order valence-corrected chi connectivity index (χ1v) is 9.97. The minimum Gasteiger partial charge on any atom is -0.490 e. The molecule has 28 heavy (non-hydrogen) atoms. The van der Waals surface area contributed by atoms with Gasteiger partial charge in [0.2, 0.25) is 0 Å². The lowest BCUT2D eigenvalue weighted by molar-refractivity contribution is 0.102. The second-order valence-electron chi connectivity index (χ2n) is 6.13. The fraction of sp³-hybridized carbons (Fsp3) is 0.158. The Morgan fingerprint density at radius 2 is 1.96 bits per heavy atom. The van der Waals surface area contributed by atoms with Crippen LogP contribution in [0, 0.1) is 6.92 Å². The van der Waals surface area contributed by atoms with E-state index in [0.717, 1.165) is 0 Å². The van der Waals surface area contributed by atoms with Gasteiger partial charge in [0.1, 0.15) is 23.0 Å². The number of amides is 1. The average Bonchev–Trinajstić information content (AvgIpc) is 3.07. The zero-order valence-corrected chi connectivity index (χ0v) is 15.8. The topological polar surface area (TPSA) is 102 Å². The second-order valence-corrected chi connectivity index (χ2v) is 7.96. The lowest BCUT2D eigenvalue weighted by Crippen LogP contribution is -2.32. The Bertz CT molecular complexity index is 1130. The molecule has 144 valence electrons. The van der Waals surface area contributed by atoms with Crippen LogP contribution in [0.25, 0.3) is 0 Å². The summed E-state index contributed by atoms with van der Waals surface area (Å²) in [5.41, 5.74) is 1.000. The predicted octanol–water partition coefficient (Wildman–Crippen LogP) is 2.82. The zero-order chi connectivity index (χ0) is 19.7. The molecule has 1 aromatic heterocycles. The number of ether oxygens (including phenoxy) is 1. The maximum absolute atomic E-state index is 13.3. The number of nitrogens with zero attached hydrogens (tertiary/aromatic N) is 2. The van der Waals surface area contributed by atoms with Crippen molar-refractivity contribution in [2.75, 3.05) is 22.8 Å². The van der Waals surface area contributed by atoms with Gasteiger partial charge in [-0.1, -0.05) is 18.2 Å². The van der Waals surface area contributed by atoms with Crippen molar-refractivity contribution in [2.45, 2.75) is 11.8 Å². The molecule has 0 bridgehead atoms. The SMILES string of the molecule is Cc1ocnc1C(=O)Nc1ccc2c(c1)S(=O)(=O)N(c1ccccc1)CCO2. The van der Waals surface area contributed by atoms with Crippen LogP contribution in [0.15, 0.2) is 64.2 Å². The fourth-order valence-corrected chi connectivity index (χ4v) is 4.57. The van der Waals surface area contributed by atoms with Crippen LogP contribution in [-0.2, 0) is 10.0 Å². The van der Waals surface area contributed by atoms with Crippen LogP contribution in [0.2, 0.25) is 0 Å². The molecule has 0 spiro atoms. The zero-order valence-electron chi connectivity index (χ0n) is 15.0. The number of fused-ring (bicyclic) bond motifs is 1. The molecule has 1 amide bonds. The fourth-order valence-electron chi connectivity index (χ4n) is 2.96. The van der Waals surface area contributed by atoms with Crippen molar-refractivity contribution < 1.29 is 22.4 Å². The number of hydrogen-bond donors (Lipinski definition) is 1. The van der Waals surface area contributed by atoms with Crippen molar-refractivity contribution >= 4 is 27.3 Å². The summed E-state index contributed by atoms with van der Waals surface area (Å²) in [6.45, 7) is 2.01. The van der Waals surface area contributed by atoms with E-state index in [0.29, 0.717) is 17.1 Å². The predicted molar refractivity (Wildman–Crippen MR) is 102 cm³/mol. The standard InChI is InChI=1S/C19H17N3O5S/c1-13-18(20-12-27-13)19(23)21-14-7-8-16-17(11-14)28(24,25)22(9-10-26-16)15-5-3-2-4-6-15/h2-8,11-12H,9-10H2,1H3,(H,21,23). The van der Waals surface area contributed by atoms with Crippen LogP contribution in [0.3, 0.4) is 0 Å². The van der Waals surface area contributed by atoms with Crippen LogP contribution >= 0.6 is 0 Å². The third-order valence-corrected chi connectivity index (χ3v) is 6.17. The van der Waals surface area contributed by atoms with E-state index in [1.165, 1.54) is 22.8 Å². The van der Waals surface area contributed by atoms with E-state index in [4.69, 9.17) is 9.15 Å². The summed E-state index contributed by atoms with van der Waals surface area (Å²) >= 11 is 0. The van der Waals surface area contributed by atoms with Gasteiger partial charge in [-0.15, -0.1) is 0 Å². The molecule has 0 radical (unpaired) electrons. The Balaban J connectivity index is 1.70. The van der Waals surface area contributed by atoms with Gasteiger partial charge in [0.05, 0.1) is 12.2 Å². The van der Waals surface area contributed by atoms with Gasteiger partial charge in [-0.05, 0) is 37.3 Å². The summed E-state index contributed by atoms with van der Waals surface area (Å²) in [5, 5.41) is 2.65. The summed E-state index contributed by atoms with van der Waals surface area (Å²) in [4.78, 5) is 16.2. The molecule has 8 nitrogen and oxygen atoms in total. The molecule has 4 rings (SSSR count). The molecule has 0 aliphatic carbocycles. The van der Waals surface area contributed by atoms with E-state index >= 15 is 0 Å². The number of carbonyl (C=O) groups is 1. The summed E-state index contributed by atoms with van der Waals surface area (Å²) in [6.07, 6.45) is 1.18. The van der Waals surface area contributed by atoms with E-state index in [1.54, 1.807) is 37.3 Å². The molecule has 0 atom stereocenters. The van der Waals surface area contributed by atoms with Crippen LogP contribution in [0.1, 0.15) is 16.2 Å². The molecule has 2 aromatic carbocycles. The van der Waals surface area contributed by atoms with Crippen molar-refractivity contribution in [1.82, 2.24) is 4.98 Å². The highest BCUT2D eigenvalue weighted by Crippen LogP contribution is 2.34. The smallest absolute Gasteiger partial charge is 0.277 e. The monoisotopic (exact) mass is 399 g/mol. The Morgan fingerprint density at radius 1 is 1.18 bits per heavy atom. The minimum atomic E-state index is -3.87. The van der Waals surface area contributed by atoms with E-state index in [-0.39, 0.29) is 29.5 Å². The molecule has 0 unspecified atom stereocenters. The lowest BCUT2D eigenvalue weighted by atomic mass is 10.2. The average molecular weight is 399 g/mol. The highest BCUT2D eigenvalue weighted by Gasteiger charge is 2.31. The molecule has 3 aromatic rings. The summed E-state index contributed by atoms with van der Waals surface area (Å²) in [5.74, 6) is 0.130. The first-order valence-electron chi connectivity index (χ1n) is 8.53. The Labute approximate surface area is 161 Å². The number of para-hydroxylation sites is 1. The van der Waals surface area contributed by atoms with E-state index < -0.39 is 15.9 Å². The maximum Gasteiger partial charge on any atom is 0.277 e. The van der Waals surface area contributed by atoms with Crippen molar-refractivity contribution in [2.24, 2.45) is 0 Å². The maximum atomic E-state index is 13.3. The molecular formula is C19H17N3O5S. The van der Waals surface area contributed by atoms with E-state index in [2.05, 4.69) is 10.3 Å². The molecule has 1 N–H and O–H groups in total. The number of aryl methyl sites for hydroxylation is 1. The molecule has 2 heterocycles. The van der Waals surface area contributed by atoms with Gasteiger partial charge in [0, 0.05) is 5.69 Å². The largest absolute Gasteiger partial charge is 0.490 e. The summed E-state index contributed by atoms with van der Waals surface area (Å²) < 4.78 is 38.5. The van der Waals surface area contributed by atoms with Crippen LogP contribution in [0.4, 0.5) is 11.4 Å². The number of oxazole rings is 1.